The number of carbonyl (C=O) groups is 1. The lowest BCUT2D eigenvalue weighted by Crippen LogP contribution is -2.39. The molecule has 0 fully saturated rings. The van der Waals surface area contributed by atoms with Gasteiger partial charge in [-0.3, -0.25) is 4.79 Å². The van der Waals surface area contributed by atoms with Crippen LogP contribution in [0.2, 0.25) is 0 Å². The van der Waals surface area contributed by atoms with Crippen LogP contribution in [-0.2, 0) is 5.33 Å². The van der Waals surface area contributed by atoms with Crippen LogP contribution in [-0.4, -0.2) is 23.4 Å². The van der Waals surface area contributed by atoms with E-state index in [-0.39, 0.29) is 11.9 Å². The smallest absolute Gasteiger partial charge is 0.254 e. The standard InChI is InChI=1S/C15H22BrNO/c1-11(2)10-17(12(3)4)15(18)14-7-5-13(9-16)6-8-14/h5-8,11-12H,9-10H2,1-4H3. The molecule has 0 N–H and O–H groups in total. The van der Waals surface area contributed by atoms with Gasteiger partial charge < -0.3 is 4.90 Å². The Morgan fingerprint density at radius 1 is 1.17 bits per heavy atom. The van der Waals surface area contributed by atoms with Gasteiger partial charge in [0.05, 0.1) is 0 Å². The summed E-state index contributed by atoms with van der Waals surface area (Å²) in [6, 6.07) is 8.05. The zero-order valence-corrected chi connectivity index (χ0v) is 13.2. The maximum absolute atomic E-state index is 12.4. The molecule has 1 aromatic rings. The van der Waals surface area contributed by atoms with Crippen LogP contribution in [0.5, 0.6) is 0 Å². The number of amides is 1. The highest BCUT2D eigenvalue weighted by Crippen LogP contribution is 2.13. The monoisotopic (exact) mass is 311 g/mol. The van der Waals surface area contributed by atoms with E-state index in [9.17, 15) is 4.79 Å². The van der Waals surface area contributed by atoms with Gasteiger partial charge in [0.25, 0.3) is 5.91 Å². The van der Waals surface area contributed by atoms with Gasteiger partial charge in [0.15, 0.2) is 0 Å². The van der Waals surface area contributed by atoms with Crippen LogP contribution in [0.15, 0.2) is 24.3 Å². The first-order valence-corrected chi connectivity index (χ1v) is 7.53. The van der Waals surface area contributed by atoms with Crippen molar-refractivity contribution in [3.63, 3.8) is 0 Å². The van der Waals surface area contributed by atoms with Crippen molar-refractivity contribution >= 4 is 21.8 Å². The summed E-state index contributed by atoms with van der Waals surface area (Å²) in [6.45, 7) is 9.20. The maximum atomic E-state index is 12.4. The fourth-order valence-electron chi connectivity index (χ4n) is 1.82. The molecular formula is C15H22BrNO. The topological polar surface area (TPSA) is 20.3 Å². The minimum absolute atomic E-state index is 0.125. The summed E-state index contributed by atoms with van der Waals surface area (Å²) in [4.78, 5) is 14.4. The molecule has 2 nitrogen and oxygen atoms in total. The van der Waals surface area contributed by atoms with Crippen molar-refractivity contribution in [3.05, 3.63) is 35.4 Å². The van der Waals surface area contributed by atoms with Gasteiger partial charge in [-0.05, 0) is 37.5 Å². The highest BCUT2D eigenvalue weighted by Gasteiger charge is 2.19. The van der Waals surface area contributed by atoms with Crippen molar-refractivity contribution in [2.75, 3.05) is 6.54 Å². The number of rotatable bonds is 5. The summed E-state index contributed by atoms with van der Waals surface area (Å²) < 4.78 is 0. The zero-order valence-electron chi connectivity index (χ0n) is 11.6. The average Bonchev–Trinajstić information content (AvgIpc) is 2.34. The Bertz CT molecular complexity index is 384. The van der Waals surface area contributed by atoms with E-state index in [0.29, 0.717) is 5.92 Å². The third-order valence-corrected chi connectivity index (χ3v) is 3.45. The van der Waals surface area contributed by atoms with E-state index in [1.165, 1.54) is 5.56 Å². The highest BCUT2D eigenvalue weighted by atomic mass is 79.9. The number of hydrogen-bond donors (Lipinski definition) is 0. The molecule has 0 aliphatic heterocycles. The average molecular weight is 312 g/mol. The van der Waals surface area contributed by atoms with E-state index in [2.05, 4.69) is 43.6 Å². The van der Waals surface area contributed by atoms with Crippen molar-refractivity contribution < 1.29 is 4.79 Å². The Morgan fingerprint density at radius 2 is 1.72 bits per heavy atom. The number of halogens is 1. The Labute approximate surface area is 119 Å². The minimum atomic E-state index is 0.125. The molecule has 0 heterocycles. The van der Waals surface area contributed by atoms with E-state index < -0.39 is 0 Å². The number of hydrogen-bond acceptors (Lipinski definition) is 1. The fraction of sp³-hybridized carbons (Fsp3) is 0.533. The summed E-state index contributed by atoms with van der Waals surface area (Å²) in [5, 5.41) is 0.821. The lowest BCUT2D eigenvalue weighted by atomic mass is 10.1. The second-order valence-corrected chi connectivity index (χ2v) is 5.84. The van der Waals surface area contributed by atoms with Crippen LogP contribution in [0.4, 0.5) is 0 Å². The van der Waals surface area contributed by atoms with Gasteiger partial charge in [0.1, 0.15) is 0 Å². The Kier molecular flexibility index (Phi) is 5.86. The first kappa shape index (κ1) is 15.2. The molecular weight excluding hydrogens is 290 g/mol. The van der Waals surface area contributed by atoms with Gasteiger partial charge in [0.2, 0.25) is 0 Å². The van der Waals surface area contributed by atoms with Gasteiger partial charge in [-0.2, -0.15) is 0 Å². The minimum Gasteiger partial charge on any atom is -0.336 e. The van der Waals surface area contributed by atoms with Gasteiger partial charge in [-0.15, -0.1) is 0 Å². The molecule has 0 aliphatic carbocycles. The van der Waals surface area contributed by atoms with Crippen LogP contribution >= 0.6 is 15.9 Å². The number of nitrogens with zero attached hydrogens (tertiary/aromatic N) is 1. The predicted octanol–water partition coefficient (Wildman–Crippen LogP) is 4.09. The molecule has 0 aliphatic rings. The normalized spacial score (nSPS) is 11.1. The molecule has 0 saturated heterocycles. The van der Waals surface area contributed by atoms with Gasteiger partial charge in [-0.1, -0.05) is 41.9 Å². The Balaban J connectivity index is 2.87. The van der Waals surface area contributed by atoms with Crippen molar-refractivity contribution in [2.45, 2.75) is 39.1 Å². The van der Waals surface area contributed by atoms with Gasteiger partial charge >= 0.3 is 0 Å². The number of benzene rings is 1. The van der Waals surface area contributed by atoms with Crippen LogP contribution in [0.25, 0.3) is 0 Å². The molecule has 1 aromatic carbocycles. The summed E-state index contributed by atoms with van der Waals surface area (Å²) >= 11 is 3.41. The number of carbonyl (C=O) groups excluding carboxylic acids is 1. The Hall–Kier alpha value is -0.830. The maximum Gasteiger partial charge on any atom is 0.254 e. The van der Waals surface area contributed by atoms with Crippen molar-refractivity contribution in [3.8, 4) is 0 Å². The summed E-state index contributed by atoms with van der Waals surface area (Å²) in [5.41, 5.74) is 1.96. The number of alkyl halides is 1. The van der Waals surface area contributed by atoms with Crippen LogP contribution in [0.1, 0.15) is 43.6 Å². The van der Waals surface area contributed by atoms with Crippen molar-refractivity contribution in [1.82, 2.24) is 4.90 Å². The quantitative estimate of drug-likeness (QED) is 0.750. The summed E-state index contributed by atoms with van der Waals surface area (Å²) in [5.74, 6) is 0.609. The molecule has 0 saturated carbocycles. The fourth-order valence-corrected chi connectivity index (χ4v) is 2.20. The molecule has 0 aromatic heterocycles. The van der Waals surface area contributed by atoms with Crippen LogP contribution in [0.3, 0.4) is 0 Å². The molecule has 100 valence electrons. The van der Waals surface area contributed by atoms with Crippen LogP contribution in [0, 0.1) is 5.92 Å². The summed E-state index contributed by atoms with van der Waals surface area (Å²) in [6.07, 6.45) is 0. The molecule has 0 bridgehead atoms. The van der Waals surface area contributed by atoms with Crippen molar-refractivity contribution in [2.24, 2.45) is 5.92 Å². The van der Waals surface area contributed by atoms with Gasteiger partial charge in [0, 0.05) is 23.5 Å². The zero-order chi connectivity index (χ0) is 13.7. The van der Waals surface area contributed by atoms with E-state index in [0.717, 1.165) is 17.4 Å². The lowest BCUT2D eigenvalue weighted by Gasteiger charge is -2.28. The molecule has 0 spiro atoms. The van der Waals surface area contributed by atoms with Crippen LogP contribution < -0.4 is 0 Å². The summed E-state index contributed by atoms with van der Waals surface area (Å²) in [7, 11) is 0. The Morgan fingerprint density at radius 3 is 2.11 bits per heavy atom. The largest absolute Gasteiger partial charge is 0.336 e. The van der Waals surface area contributed by atoms with E-state index in [1.807, 2.05) is 29.2 Å². The first-order valence-electron chi connectivity index (χ1n) is 6.41. The molecule has 3 heteroatoms. The molecule has 0 radical (unpaired) electrons. The second kappa shape index (κ2) is 6.93. The van der Waals surface area contributed by atoms with E-state index in [4.69, 9.17) is 0 Å². The molecule has 1 rings (SSSR count). The third kappa shape index (κ3) is 4.13. The van der Waals surface area contributed by atoms with Crippen molar-refractivity contribution in [1.29, 1.82) is 0 Å². The highest BCUT2D eigenvalue weighted by molar-refractivity contribution is 9.08. The second-order valence-electron chi connectivity index (χ2n) is 5.28. The molecule has 0 atom stereocenters. The third-order valence-electron chi connectivity index (χ3n) is 2.80. The predicted molar refractivity (Wildman–Crippen MR) is 80.1 cm³/mol. The van der Waals surface area contributed by atoms with E-state index >= 15 is 0 Å². The molecule has 0 unspecified atom stereocenters. The van der Waals surface area contributed by atoms with Gasteiger partial charge in [-0.25, -0.2) is 0 Å². The SMILES string of the molecule is CC(C)CN(C(=O)c1ccc(CBr)cc1)C(C)C. The molecule has 1 amide bonds. The molecule has 18 heavy (non-hydrogen) atoms. The van der Waals surface area contributed by atoms with E-state index in [1.54, 1.807) is 0 Å². The first-order chi connectivity index (χ1) is 8.45. The lowest BCUT2D eigenvalue weighted by molar-refractivity contribution is 0.0682.